The summed E-state index contributed by atoms with van der Waals surface area (Å²) in [6.45, 7) is 0.766. The number of likely N-dealkylation sites (tertiary alicyclic amines) is 1. The number of hydrogen-bond acceptors (Lipinski definition) is 4. The van der Waals surface area contributed by atoms with Gasteiger partial charge in [0.15, 0.2) is 0 Å². The quantitative estimate of drug-likeness (QED) is 0.654. The number of carbonyl (C=O) groups is 2. The van der Waals surface area contributed by atoms with Gasteiger partial charge in [-0.25, -0.2) is 4.79 Å². The molecule has 3 rings (SSSR count). The van der Waals surface area contributed by atoms with Crippen molar-refractivity contribution in [3.8, 4) is 5.75 Å². The highest BCUT2D eigenvalue weighted by Crippen LogP contribution is 2.30. The monoisotopic (exact) mass is 431 g/mol. The second-order valence-corrected chi connectivity index (χ2v) is 7.63. The molecular formula is C22H26ClN3O4. The van der Waals surface area contributed by atoms with Gasteiger partial charge >= 0.3 is 6.03 Å². The number of nitrogens with zero attached hydrogens (tertiary/aromatic N) is 1. The van der Waals surface area contributed by atoms with Crippen LogP contribution in [0.4, 0.5) is 10.5 Å². The van der Waals surface area contributed by atoms with Gasteiger partial charge in [0.1, 0.15) is 5.75 Å². The molecule has 0 aromatic heterocycles. The molecule has 1 heterocycles. The van der Waals surface area contributed by atoms with Crippen molar-refractivity contribution < 1.29 is 19.4 Å². The number of nitrogens with one attached hydrogen (secondary N) is 2. The molecule has 0 saturated carbocycles. The van der Waals surface area contributed by atoms with Gasteiger partial charge < -0.3 is 25.4 Å². The summed E-state index contributed by atoms with van der Waals surface area (Å²) in [5, 5.41) is 15.5. The van der Waals surface area contributed by atoms with Crippen molar-refractivity contribution in [1.82, 2.24) is 10.2 Å². The van der Waals surface area contributed by atoms with E-state index in [9.17, 15) is 9.59 Å². The molecule has 1 saturated heterocycles. The van der Waals surface area contributed by atoms with Gasteiger partial charge in [-0.15, -0.1) is 0 Å². The van der Waals surface area contributed by atoms with E-state index < -0.39 is 0 Å². The number of aliphatic hydroxyl groups excluding tert-OH is 1. The minimum Gasteiger partial charge on any atom is -0.497 e. The first-order valence-corrected chi connectivity index (χ1v) is 10.2. The lowest BCUT2D eigenvalue weighted by atomic mass is 9.85. The standard InChI is InChI=1S/C22H26ClN3O4/c1-30-18-8-2-15(3-9-18)19-10-12-26(21(28)11-13-27)14-20(19)25-22(29)24-17-6-4-16(23)5-7-17/h2-9,19-20,27H,10-14H2,1H3,(H2,24,25,29)/t19-,20+/m1/s1. The Morgan fingerprint density at radius 3 is 2.50 bits per heavy atom. The first-order valence-electron chi connectivity index (χ1n) is 9.86. The van der Waals surface area contributed by atoms with Crippen LogP contribution in [0.5, 0.6) is 5.75 Å². The number of aliphatic hydroxyl groups is 1. The SMILES string of the molecule is COc1ccc([C@H]2CCN(C(=O)CCO)C[C@@H]2NC(=O)Nc2ccc(Cl)cc2)cc1. The number of carbonyl (C=O) groups excluding carboxylic acids is 2. The Labute approximate surface area is 181 Å². The smallest absolute Gasteiger partial charge is 0.319 e. The molecule has 0 spiro atoms. The number of rotatable bonds is 6. The van der Waals surface area contributed by atoms with Crippen LogP contribution >= 0.6 is 11.6 Å². The third kappa shape index (κ3) is 5.64. The zero-order chi connectivity index (χ0) is 21.5. The topological polar surface area (TPSA) is 90.9 Å². The third-order valence-electron chi connectivity index (χ3n) is 5.25. The first kappa shape index (κ1) is 21.9. The average molecular weight is 432 g/mol. The summed E-state index contributed by atoms with van der Waals surface area (Å²) >= 11 is 5.89. The summed E-state index contributed by atoms with van der Waals surface area (Å²) in [6, 6.07) is 14.0. The van der Waals surface area contributed by atoms with Gasteiger partial charge in [-0.2, -0.15) is 0 Å². The minimum atomic E-state index is -0.350. The molecule has 30 heavy (non-hydrogen) atoms. The van der Waals surface area contributed by atoms with Gasteiger partial charge in [0.25, 0.3) is 0 Å². The van der Waals surface area contributed by atoms with Gasteiger partial charge in [-0.1, -0.05) is 23.7 Å². The number of urea groups is 1. The number of piperidine rings is 1. The van der Waals surface area contributed by atoms with E-state index in [-0.39, 0.29) is 36.9 Å². The fraction of sp³-hybridized carbons (Fsp3) is 0.364. The van der Waals surface area contributed by atoms with Gasteiger partial charge in [0, 0.05) is 36.1 Å². The van der Waals surface area contributed by atoms with Crippen molar-refractivity contribution in [2.45, 2.75) is 24.8 Å². The van der Waals surface area contributed by atoms with E-state index in [1.165, 1.54) is 0 Å². The molecule has 7 nitrogen and oxygen atoms in total. The summed E-state index contributed by atoms with van der Waals surface area (Å²) < 4.78 is 5.23. The highest BCUT2D eigenvalue weighted by molar-refractivity contribution is 6.30. The molecule has 2 atom stereocenters. The van der Waals surface area contributed by atoms with E-state index in [2.05, 4.69) is 10.6 Å². The molecule has 3 N–H and O–H groups in total. The lowest BCUT2D eigenvalue weighted by molar-refractivity contribution is -0.133. The predicted molar refractivity (Wildman–Crippen MR) is 116 cm³/mol. The number of benzene rings is 2. The van der Waals surface area contributed by atoms with Crippen LogP contribution in [0, 0.1) is 0 Å². The van der Waals surface area contributed by atoms with Crippen LogP contribution in [0.3, 0.4) is 0 Å². The summed E-state index contributed by atoms with van der Waals surface area (Å²) in [5.74, 6) is 0.694. The molecule has 2 aromatic carbocycles. The second kappa shape index (κ2) is 10.3. The predicted octanol–water partition coefficient (Wildman–Crippen LogP) is 3.24. The Bertz CT molecular complexity index is 858. The zero-order valence-corrected chi connectivity index (χ0v) is 17.6. The molecule has 0 bridgehead atoms. The van der Waals surface area contributed by atoms with Crippen molar-refractivity contribution in [2.24, 2.45) is 0 Å². The third-order valence-corrected chi connectivity index (χ3v) is 5.51. The number of hydrogen-bond donors (Lipinski definition) is 3. The van der Waals surface area contributed by atoms with Crippen molar-refractivity contribution in [3.05, 3.63) is 59.1 Å². The van der Waals surface area contributed by atoms with Crippen molar-refractivity contribution in [2.75, 3.05) is 32.1 Å². The van der Waals surface area contributed by atoms with Crippen LogP contribution < -0.4 is 15.4 Å². The van der Waals surface area contributed by atoms with Gasteiger partial charge in [0.05, 0.1) is 19.8 Å². The molecule has 8 heteroatoms. The summed E-state index contributed by atoms with van der Waals surface area (Å²) in [5.41, 5.74) is 1.70. The summed E-state index contributed by atoms with van der Waals surface area (Å²) in [6.07, 6.45) is 0.784. The van der Waals surface area contributed by atoms with E-state index in [0.29, 0.717) is 30.2 Å². The summed E-state index contributed by atoms with van der Waals surface area (Å²) in [4.78, 5) is 26.6. The molecule has 0 unspecified atom stereocenters. The maximum absolute atomic E-state index is 12.6. The van der Waals surface area contributed by atoms with Crippen molar-refractivity contribution >= 4 is 29.2 Å². The van der Waals surface area contributed by atoms with Gasteiger partial charge in [0.2, 0.25) is 5.91 Å². The van der Waals surface area contributed by atoms with Crippen LogP contribution in [-0.4, -0.2) is 54.8 Å². The Hall–Kier alpha value is -2.77. The number of anilines is 1. The van der Waals surface area contributed by atoms with Gasteiger partial charge in [-0.3, -0.25) is 4.79 Å². The zero-order valence-electron chi connectivity index (χ0n) is 16.8. The van der Waals surface area contributed by atoms with E-state index in [1.54, 1.807) is 36.3 Å². The minimum absolute atomic E-state index is 0.0463. The fourth-order valence-electron chi connectivity index (χ4n) is 3.70. The molecule has 2 aromatic rings. The van der Waals surface area contributed by atoms with Crippen LogP contribution in [0.25, 0.3) is 0 Å². The highest BCUT2D eigenvalue weighted by atomic mass is 35.5. The average Bonchev–Trinajstić information content (AvgIpc) is 2.75. The van der Waals surface area contributed by atoms with Crippen molar-refractivity contribution in [3.63, 3.8) is 0 Å². The van der Waals surface area contributed by atoms with Crippen molar-refractivity contribution in [1.29, 1.82) is 0 Å². The molecule has 3 amide bonds. The Morgan fingerprint density at radius 2 is 1.87 bits per heavy atom. The molecule has 1 fully saturated rings. The fourth-order valence-corrected chi connectivity index (χ4v) is 3.82. The Morgan fingerprint density at radius 1 is 1.17 bits per heavy atom. The van der Waals surface area contributed by atoms with Gasteiger partial charge in [-0.05, 0) is 48.4 Å². The maximum Gasteiger partial charge on any atom is 0.319 e. The number of halogens is 1. The van der Waals surface area contributed by atoms with Crippen LogP contribution in [0.2, 0.25) is 5.02 Å². The second-order valence-electron chi connectivity index (χ2n) is 7.19. The Kier molecular flexibility index (Phi) is 7.54. The van der Waals surface area contributed by atoms with Crippen LogP contribution in [0.1, 0.15) is 24.3 Å². The lowest BCUT2D eigenvalue weighted by Gasteiger charge is -2.39. The highest BCUT2D eigenvalue weighted by Gasteiger charge is 2.33. The van der Waals surface area contributed by atoms with E-state index in [0.717, 1.165) is 11.3 Å². The maximum atomic E-state index is 12.6. The molecule has 0 aliphatic carbocycles. The molecule has 1 aliphatic rings. The Balaban J connectivity index is 1.74. The van der Waals surface area contributed by atoms with Crippen LogP contribution in [-0.2, 0) is 4.79 Å². The lowest BCUT2D eigenvalue weighted by Crippen LogP contribution is -2.54. The van der Waals surface area contributed by atoms with E-state index in [4.69, 9.17) is 21.4 Å². The van der Waals surface area contributed by atoms with E-state index >= 15 is 0 Å². The molecule has 1 aliphatic heterocycles. The number of methoxy groups -OCH3 is 1. The molecule has 0 radical (unpaired) electrons. The van der Waals surface area contributed by atoms with E-state index in [1.807, 2.05) is 24.3 Å². The molecular weight excluding hydrogens is 406 g/mol. The number of amides is 3. The summed E-state index contributed by atoms with van der Waals surface area (Å²) in [7, 11) is 1.62. The van der Waals surface area contributed by atoms with Crippen LogP contribution in [0.15, 0.2) is 48.5 Å². The first-order chi connectivity index (χ1) is 14.5. The normalized spacial score (nSPS) is 18.6. The molecule has 160 valence electrons. The largest absolute Gasteiger partial charge is 0.497 e. The number of ether oxygens (including phenoxy) is 1.